The molecule has 0 heterocycles. The van der Waals surface area contributed by atoms with Crippen molar-refractivity contribution in [3.63, 3.8) is 0 Å². The number of aryl methyl sites for hydroxylation is 1. The van der Waals surface area contributed by atoms with Crippen molar-refractivity contribution in [3.05, 3.63) is 39.9 Å². The van der Waals surface area contributed by atoms with Gasteiger partial charge in [0, 0.05) is 17.7 Å². The Morgan fingerprint density at radius 2 is 2.00 bits per heavy atom. The van der Waals surface area contributed by atoms with Gasteiger partial charge in [0.2, 0.25) is 0 Å². The second kappa shape index (κ2) is 7.11. The van der Waals surface area contributed by atoms with Crippen molar-refractivity contribution in [2.75, 3.05) is 6.54 Å². The van der Waals surface area contributed by atoms with Gasteiger partial charge in [0.05, 0.1) is 4.92 Å². The van der Waals surface area contributed by atoms with Crippen LogP contribution >= 0.6 is 0 Å². The van der Waals surface area contributed by atoms with Gasteiger partial charge in [-0.05, 0) is 25.3 Å². The lowest BCUT2D eigenvalue weighted by atomic mass is 9.96. The summed E-state index contributed by atoms with van der Waals surface area (Å²) in [5, 5.41) is 14.3. The Kier molecular flexibility index (Phi) is 5.78. The molecule has 1 atom stereocenters. The highest BCUT2D eigenvalue weighted by molar-refractivity contribution is 5.39. The van der Waals surface area contributed by atoms with Gasteiger partial charge in [-0.3, -0.25) is 10.1 Å². The van der Waals surface area contributed by atoms with Crippen molar-refractivity contribution in [1.82, 2.24) is 5.32 Å². The third-order valence-electron chi connectivity index (χ3n) is 3.18. The van der Waals surface area contributed by atoms with E-state index in [1.807, 2.05) is 12.1 Å². The normalized spacial score (nSPS) is 12.7. The molecule has 1 unspecified atom stereocenters. The van der Waals surface area contributed by atoms with Gasteiger partial charge >= 0.3 is 0 Å². The lowest BCUT2D eigenvalue weighted by Gasteiger charge is -2.21. The zero-order chi connectivity index (χ0) is 13.5. The monoisotopic (exact) mass is 250 g/mol. The molecule has 0 saturated heterocycles. The van der Waals surface area contributed by atoms with Gasteiger partial charge in [0.25, 0.3) is 5.69 Å². The molecular weight excluding hydrogens is 228 g/mol. The second-order valence-electron chi connectivity index (χ2n) is 4.83. The van der Waals surface area contributed by atoms with E-state index in [-0.39, 0.29) is 10.6 Å². The molecule has 1 N–H and O–H groups in total. The molecule has 4 heteroatoms. The third kappa shape index (κ3) is 4.11. The first kappa shape index (κ1) is 14.6. The van der Waals surface area contributed by atoms with Gasteiger partial charge in [0.15, 0.2) is 0 Å². The Labute approximate surface area is 109 Å². The zero-order valence-corrected chi connectivity index (χ0v) is 11.3. The van der Waals surface area contributed by atoms with E-state index in [4.69, 9.17) is 0 Å². The Bertz CT molecular complexity index is 391. The quantitative estimate of drug-likeness (QED) is 0.597. The first-order chi connectivity index (χ1) is 8.56. The van der Waals surface area contributed by atoms with E-state index in [1.54, 1.807) is 12.1 Å². The Morgan fingerprint density at radius 1 is 1.33 bits per heavy atom. The summed E-state index contributed by atoms with van der Waals surface area (Å²) in [4.78, 5) is 10.6. The van der Waals surface area contributed by atoms with Crippen molar-refractivity contribution in [1.29, 1.82) is 0 Å². The lowest BCUT2D eigenvalue weighted by Crippen LogP contribution is -2.34. The van der Waals surface area contributed by atoms with Crippen molar-refractivity contribution in [2.24, 2.45) is 5.92 Å². The smallest absolute Gasteiger partial charge is 0.272 e. The molecular formula is C14H22N2O2. The average Bonchev–Trinajstić information content (AvgIpc) is 2.34. The van der Waals surface area contributed by atoms with Crippen LogP contribution in [0.15, 0.2) is 24.3 Å². The number of nitrogens with zero attached hydrogens (tertiary/aromatic N) is 1. The number of benzene rings is 1. The van der Waals surface area contributed by atoms with Gasteiger partial charge < -0.3 is 5.32 Å². The number of hydrogen-bond acceptors (Lipinski definition) is 3. The molecule has 1 aromatic rings. The van der Waals surface area contributed by atoms with Crippen LogP contribution in [0, 0.1) is 16.0 Å². The van der Waals surface area contributed by atoms with Crippen LogP contribution in [-0.2, 0) is 6.42 Å². The molecule has 0 bridgehead atoms. The van der Waals surface area contributed by atoms with E-state index in [2.05, 4.69) is 26.1 Å². The van der Waals surface area contributed by atoms with Crippen molar-refractivity contribution in [3.8, 4) is 0 Å². The fraction of sp³-hybridized carbons (Fsp3) is 0.571. The van der Waals surface area contributed by atoms with Gasteiger partial charge in [-0.1, -0.05) is 39.0 Å². The molecule has 0 aliphatic rings. The van der Waals surface area contributed by atoms with E-state index in [1.165, 1.54) is 0 Å². The van der Waals surface area contributed by atoms with Crippen molar-refractivity contribution >= 4 is 5.69 Å². The first-order valence-corrected chi connectivity index (χ1v) is 6.52. The molecule has 0 aromatic heterocycles. The standard InChI is InChI=1S/C14H22N2O2/c1-4-15-13(11(2)3)10-9-12-7-5-6-8-14(12)16(17)18/h5-8,11,13,15H,4,9-10H2,1-3H3. The molecule has 0 aliphatic heterocycles. The van der Waals surface area contributed by atoms with Gasteiger partial charge in [-0.15, -0.1) is 0 Å². The van der Waals surface area contributed by atoms with E-state index in [0.717, 1.165) is 24.9 Å². The van der Waals surface area contributed by atoms with Crippen LogP contribution in [0.2, 0.25) is 0 Å². The SMILES string of the molecule is CCNC(CCc1ccccc1[N+](=O)[O-])C(C)C. The number of nitro groups is 1. The third-order valence-corrected chi connectivity index (χ3v) is 3.18. The summed E-state index contributed by atoms with van der Waals surface area (Å²) < 4.78 is 0. The van der Waals surface area contributed by atoms with Crippen LogP contribution in [0.5, 0.6) is 0 Å². The summed E-state index contributed by atoms with van der Waals surface area (Å²) in [6.07, 6.45) is 1.67. The Morgan fingerprint density at radius 3 is 2.56 bits per heavy atom. The highest BCUT2D eigenvalue weighted by atomic mass is 16.6. The topological polar surface area (TPSA) is 55.2 Å². The molecule has 0 aliphatic carbocycles. The van der Waals surface area contributed by atoms with E-state index in [9.17, 15) is 10.1 Å². The number of nitrogens with one attached hydrogen (secondary N) is 1. The van der Waals surface area contributed by atoms with E-state index >= 15 is 0 Å². The minimum absolute atomic E-state index is 0.233. The number of hydrogen-bond donors (Lipinski definition) is 1. The maximum Gasteiger partial charge on any atom is 0.272 e. The first-order valence-electron chi connectivity index (χ1n) is 6.52. The fourth-order valence-electron chi connectivity index (χ4n) is 2.14. The molecule has 1 rings (SSSR count). The molecule has 100 valence electrons. The van der Waals surface area contributed by atoms with Crippen LogP contribution < -0.4 is 5.32 Å². The number of rotatable bonds is 7. The van der Waals surface area contributed by atoms with Crippen LogP contribution in [0.3, 0.4) is 0 Å². The summed E-state index contributed by atoms with van der Waals surface area (Å²) in [7, 11) is 0. The number of para-hydroxylation sites is 1. The largest absolute Gasteiger partial charge is 0.314 e. The van der Waals surface area contributed by atoms with E-state index in [0.29, 0.717) is 12.0 Å². The van der Waals surface area contributed by atoms with Crippen LogP contribution in [-0.4, -0.2) is 17.5 Å². The van der Waals surface area contributed by atoms with Gasteiger partial charge in [-0.25, -0.2) is 0 Å². The summed E-state index contributed by atoms with van der Waals surface area (Å²) in [6, 6.07) is 7.41. The average molecular weight is 250 g/mol. The fourth-order valence-corrected chi connectivity index (χ4v) is 2.14. The van der Waals surface area contributed by atoms with Crippen molar-refractivity contribution < 1.29 is 4.92 Å². The predicted molar refractivity (Wildman–Crippen MR) is 73.7 cm³/mol. The van der Waals surface area contributed by atoms with Gasteiger partial charge in [-0.2, -0.15) is 0 Å². The maximum atomic E-state index is 10.9. The molecule has 0 fully saturated rings. The highest BCUT2D eigenvalue weighted by Gasteiger charge is 2.16. The van der Waals surface area contributed by atoms with Crippen LogP contribution in [0.1, 0.15) is 32.8 Å². The molecule has 0 amide bonds. The molecule has 0 saturated carbocycles. The summed E-state index contributed by atoms with van der Waals surface area (Å²) >= 11 is 0. The van der Waals surface area contributed by atoms with Crippen LogP contribution in [0.25, 0.3) is 0 Å². The summed E-state index contributed by atoms with van der Waals surface area (Å²) in [5.41, 5.74) is 1.06. The molecule has 1 aromatic carbocycles. The molecule has 0 radical (unpaired) electrons. The van der Waals surface area contributed by atoms with Gasteiger partial charge in [0.1, 0.15) is 0 Å². The highest BCUT2D eigenvalue weighted by Crippen LogP contribution is 2.20. The van der Waals surface area contributed by atoms with E-state index < -0.39 is 0 Å². The van der Waals surface area contributed by atoms with Crippen LogP contribution in [0.4, 0.5) is 5.69 Å². The predicted octanol–water partition coefficient (Wildman–Crippen LogP) is 3.16. The van der Waals surface area contributed by atoms with Crippen molar-refractivity contribution in [2.45, 2.75) is 39.7 Å². The minimum Gasteiger partial charge on any atom is -0.314 e. The number of nitro benzene ring substituents is 1. The molecule has 0 spiro atoms. The lowest BCUT2D eigenvalue weighted by molar-refractivity contribution is -0.385. The Hall–Kier alpha value is -1.42. The minimum atomic E-state index is -0.299. The zero-order valence-electron chi connectivity index (χ0n) is 11.3. The maximum absolute atomic E-state index is 10.9. The molecule has 4 nitrogen and oxygen atoms in total. The Balaban J connectivity index is 2.70. The summed E-state index contributed by atoms with van der Waals surface area (Å²) in [6.45, 7) is 7.36. The summed E-state index contributed by atoms with van der Waals surface area (Å²) in [5.74, 6) is 0.535. The molecule has 18 heavy (non-hydrogen) atoms. The second-order valence-corrected chi connectivity index (χ2v) is 4.83.